The second-order valence-corrected chi connectivity index (χ2v) is 10.5. The Hall–Kier alpha value is -3.18. The summed E-state index contributed by atoms with van der Waals surface area (Å²) in [6, 6.07) is 10.4. The van der Waals surface area contributed by atoms with Gasteiger partial charge in [-0.25, -0.2) is 13.1 Å². The Labute approximate surface area is 197 Å². The number of hydrogen-bond donors (Lipinski definition) is 1. The lowest BCUT2D eigenvalue weighted by Gasteiger charge is -2.31. The molecule has 10 nitrogen and oxygen atoms in total. The lowest BCUT2D eigenvalue weighted by Crippen LogP contribution is -2.45. The van der Waals surface area contributed by atoms with Gasteiger partial charge in [0.25, 0.3) is 0 Å². The number of aromatic nitrogens is 3. The van der Waals surface area contributed by atoms with Gasteiger partial charge in [-0.1, -0.05) is 18.2 Å². The highest BCUT2D eigenvalue weighted by Crippen LogP contribution is 2.32. The van der Waals surface area contributed by atoms with Gasteiger partial charge < -0.3 is 14.8 Å². The average Bonchev–Trinajstić information content (AvgIpc) is 3.49. The fourth-order valence-electron chi connectivity index (χ4n) is 4.40. The topological polar surface area (TPSA) is 116 Å². The first kappa shape index (κ1) is 22.6. The number of rotatable bonds is 7. The van der Waals surface area contributed by atoms with Crippen LogP contribution in [0, 0.1) is 5.92 Å². The van der Waals surface area contributed by atoms with E-state index in [0.29, 0.717) is 42.9 Å². The van der Waals surface area contributed by atoms with Crippen molar-refractivity contribution in [2.24, 2.45) is 5.92 Å². The van der Waals surface area contributed by atoms with Gasteiger partial charge in [-0.15, -0.1) is 5.10 Å². The van der Waals surface area contributed by atoms with E-state index in [1.54, 1.807) is 22.9 Å². The van der Waals surface area contributed by atoms with E-state index in [2.05, 4.69) is 15.6 Å². The van der Waals surface area contributed by atoms with Gasteiger partial charge >= 0.3 is 0 Å². The maximum atomic E-state index is 13.3. The van der Waals surface area contributed by atoms with Gasteiger partial charge in [0.05, 0.1) is 16.3 Å². The Kier molecular flexibility index (Phi) is 6.13. The highest BCUT2D eigenvalue weighted by Gasteiger charge is 2.33. The van der Waals surface area contributed by atoms with Crippen molar-refractivity contribution >= 4 is 27.0 Å². The van der Waals surface area contributed by atoms with Gasteiger partial charge in [0.2, 0.25) is 22.7 Å². The number of nitrogens with zero attached hydrogens (tertiary/aromatic N) is 4. The van der Waals surface area contributed by atoms with Gasteiger partial charge in [0.1, 0.15) is 5.52 Å². The number of fused-ring (bicyclic) bond motifs is 2. The molecule has 1 N–H and O–H groups in total. The maximum absolute atomic E-state index is 13.3. The molecule has 180 valence electrons. The molecule has 3 aromatic rings. The first-order valence-corrected chi connectivity index (χ1v) is 12.9. The third-order valence-corrected chi connectivity index (χ3v) is 8.08. The summed E-state index contributed by atoms with van der Waals surface area (Å²) in [4.78, 5) is 13.0. The molecule has 2 aromatic carbocycles. The van der Waals surface area contributed by atoms with E-state index < -0.39 is 15.9 Å². The molecule has 0 saturated carbocycles. The van der Waals surface area contributed by atoms with Crippen molar-refractivity contribution in [3.63, 3.8) is 0 Å². The molecular formula is C23H27N5O5S. The molecule has 0 bridgehead atoms. The van der Waals surface area contributed by atoms with Crippen LogP contribution in [0.25, 0.3) is 11.0 Å². The van der Waals surface area contributed by atoms with Gasteiger partial charge in [-0.05, 0) is 55.2 Å². The average molecular weight is 486 g/mol. The monoisotopic (exact) mass is 485 g/mol. The van der Waals surface area contributed by atoms with Gasteiger partial charge in [-0.2, -0.15) is 4.31 Å². The van der Waals surface area contributed by atoms with Crippen molar-refractivity contribution in [3.05, 3.63) is 42.0 Å². The number of ether oxygens (including phenoxy) is 2. The summed E-state index contributed by atoms with van der Waals surface area (Å²) in [5, 5.41) is 11.2. The summed E-state index contributed by atoms with van der Waals surface area (Å²) in [6.45, 7) is 3.83. The lowest BCUT2D eigenvalue weighted by atomic mass is 9.98. The van der Waals surface area contributed by atoms with E-state index in [4.69, 9.17) is 9.47 Å². The Balaban J connectivity index is 1.25. The van der Waals surface area contributed by atoms with Gasteiger partial charge in [0.15, 0.2) is 11.5 Å². The highest BCUT2D eigenvalue weighted by atomic mass is 32.2. The summed E-state index contributed by atoms with van der Waals surface area (Å²) in [5.41, 5.74) is 2.24. The highest BCUT2D eigenvalue weighted by molar-refractivity contribution is 7.89. The minimum atomic E-state index is -3.75. The van der Waals surface area contributed by atoms with Crippen molar-refractivity contribution in [2.75, 3.05) is 19.9 Å². The molecule has 5 rings (SSSR count). The van der Waals surface area contributed by atoms with Crippen LogP contribution >= 0.6 is 0 Å². The van der Waals surface area contributed by atoms with Crippen molar-refractivity contribution in [2.45, 2.75) is 44.2 Å². The zero-order chi connectivity index (χ0) is 23.7. The molecule has 1 atom stereocenters. The van der Waals surface area contributed by atoms with Crippen LogP contribution in [0.1, 0.15) is 31.7 Å². The Morgan fingerprint density at radius 3 is 2.88 bits per heavy atom. The van der Waals surface area contributed by atoms with Crippen LogP contribution in [0.5, 0.6) is 11.5 Å². The summed E-state index contributed by atoms with van der Waals surface area (Å²) in [7, 11) is -3.75. The predicted molar refractivity (Wildman–Crippen MR) is 124 cm³/mol. The standard InChI is InChI=1S/C23H27N5O5S/c1-2-9-28-20-7-6-18(12-19(20)25-26-28)34(30,31)27-10-3-4-17(14-27)23(29)24-13-16-5-8-21-22(11-16)33-15-32-21/h5-8,11-12,17H,2-4,9-10,13-15H2,1H3,(H,24,29)/t17-/m1/s1. The van der Waals surface area contributed by atoms with E-state index in [9.17, 15) is 13.2 Å². The molecule has 3 heterocycles. The number of benzene rings is 2. The van der Waals surface area contributed by atoms with Crippen molar-refractivity contribution < 1.29 is 22.7 Å². The number of hydrogen-bond acceptors (Lipinski definition) is 7. The first-order chi connectivity index (χ1) is 16.5. The first-order valence-electron chi connectivity index (χ1n) is 11.5. The van der Waals surface area contributed by atoms with Crippen LogP contribution in [0.4, 0.5) is 0 Å². The summed E-state index contributed by atoms with van der Waals surface area (Å²) >= 11 is 0. The van der Waals surface area contributed by atoms with Crippen molar-refractivity contribution in [1.82, 2.24) is 24.6 Å². The number of carbonyl (C=O) groups excluding carboxylic acids is 1. The number of sulfonamides is 1. The van der Waals surface area contributed by atoms with Gasteiger partial charge in [0, 0.05) is 26.2 Å². The zero-order valence-corrected chi connectivity index (χ0v) is 19.8. The third kappa shape index (κ3) is 4.32. The Morgan fingerprint density at radius 2 is 2.03 bits per heavy atom. The summed E-state index contributed by atoms with van der Waals surface area (Å²) in [5.74, 6) is 0.782. The van der Waals surface area contributed by atoms with Crippen molar-refractivity contribution in [1.29, 1.82) is 0 Å². The summed E-state index contributed by atoms with van der Waals surface area (Å²) < 4.78 is 40.5. The second kappa shape index (κ2) is 9.22. The smallest absolute Gasteiger partial charge is 0.243 e. The van der Waals surface area contributed by atoms with E-state index in [1.807, 2.05) is 25.1 Å². The molecular weight excluding hydrogens is 458 g/mol. The fraction of sp³-hybridized carbons (Fsp3) is 0.435. The molecule has 11 heteroatoms. The van der Waals surface area contributed by atoms with Crippen LogP contribution in [-0.4, -0.2) is 53.5 Å². The molecule has 1 aromatic heterocycles. The van der Waals surface area contributed by atoms with Gasteiger partial charge in [-0.3, -0.25) is 4.79 Å². The summed E-state index contributed by atoms with van der Waals surface area (Å²) in [6.07, 6.45) is 2.17. The van der Waals surface area contributed by atoms with E-state index in [0.717, 1.165) is 24.0 Å². The van der Waals surface area contributed by atoms with Crippen LogP contribution in [0.2, 0.25) is 0 Å². The third-order valence-electron chi connectivity index (χ3n) is 6.22. The van der Waals surface area contributed by atoms with E-state index in [1.165, 1.54) is 4.31 Å². The molecule has 34 heavy (non-hydrogen) atoms. The Bertz CT molecular complexity index is 1320. The number of amides is 1. The van der Waals surface area contributed by atoms with Crippen molar-refractivity contribution in [3.8, 4) is 11.5 Å². The molecule has 0 spiro atoms. The van der Waals surface area contributed by atoms with Crippen LogP contribution in [-0.2, 0) is 27.9 Å². The lowest BCUT2D eigenvalue weighted by molar-refractivity contribution is -0.126. The van der Waals surface area contributed by atoms with E-state index >= 15 is 0 Å². The molecule has 0 radical (unpaired) electrons. The molecule has 2 aliphatic heterocycles. The second-order valence-electron chi connectivity index (χ2n) is 8.57. The SMILES string of the molecule is CCCn1nnc2cc(S(=O)(=O)N3CCC[C@@H](C(=O)NCc4ccc5c(c4)OCO5)C3)ccc21. The number of aryl methyl sites for hydroxylation is 1. The normalized spacial score (nSPS) is 18.3. The molecule has 1 fully saturated rings. The molecule has 0 unspecified atom stereocenters. The van der Waals surface area contributed by atoms with Crippen LogP contribution < -0.4 is 14.8 Å². The number of piperidine rings is 1. The quantitative estimate of drug-likeness (QED) is 0.546. The predicted octanol–water partition coefficient (Wildman–Crippen LogP) is 2.29. The fourth-order valence-corrected chi connectivity index (χ4v) is 5.94. The number of carbonyl (C=O) groups is 1. The molecule has 1 amide bonds. The number of nitrogens with one attached hydrogen (secondary N) is 1. The zero-order valence-electron chi connectivity index (χ0n) is 18.9. The van der Waals surface area contributed by atoms with Crippen LogP contribution in [0.15, 0.2) is 41.3 Å². The molecule has 2 aliphatic rings. The largest absolute Gasteiger partial charge is 0.454 e. The van der Waals surface area contributed by atoms with Crippen LogP contribution in [0.3, 0.4) is 0 Å². The van der Waals surface area contributed by atoms with E-state index in [-0.39, 0.29) is 24.1 Å². The minimum absolute atomic E-state index is 0.149. The maximum Gasteiger partial charge on any atom is 0.243 e. The molecule has 0 aliphatic carbocycles. The molecule has 1 saturated heterocycles. The Morgan fingerprint density at radius 1 is 1.18 bits per heavy atom. The minimum Gasteiger partial charge on any atom is -0.454 e.